The largest absolute Gasteiger partial charge is 0.103 e. The molecule has 0 aromatic rings. The lowest BCUT2D eigenvalue weighted by atomic mass is 9.89. The highest BCUT2D eigenvalue weighted by Crippen LogP contribution is 2.50. The second kappa shape index (κ2) is 12.2. The van der Waals surface area contributed by atoms with Gasteiger partial charge in [-0.25, -0.2) is 0 Å². The van der Waals surface area contributed by atoms with Crippen molar-refractivity contribution in [3.05, 3.63) is 48.6 Å². The number of allylic oxidation sites excluding steroid dienone is 6. The molecule has 0 nitrogen and oxygen atoms in total. The SMILES string of the molecule is C/C=C1/CC2CCC1C2.C/C=C1\CC2CCC1C2.C=CC1CC2CCC1C2.C=CC1CC2CCC1C2. The normalized spacial score (nSPS) is 46.3. The highest BCUT2D eigenvalue weighted by atomic mass is 14.4. The Balaban J connectivity index is 0.0000000988. The third-order valence-electron chi connectivity index (χ3n) is 12.1. The molecule has 200 valence electrons. The summed E-state index contributed by atoms with van der Waals surface area (Å²) in [6.07, 6.45) is 32.8. The molecule has 0 aromatic carbocycles. The molecule has 0 aliphatic heterocycles. The number of fused-ring (bicyclic) bond motifs is 8. The van der Waals surface area contributed by atoms with Crippen LogP contribution >= 0.6 is 0 Å². The zero-order valence-corrected chi connectivity index (χ0v) is 23.8. The van der Waals surface area contributed by atoms with Crippen molar-refractivity contribution in [3.63, 3.8) is 0 Å². The Kier molecular flexibility index (Phi) is 9.01. The van der Waals surface area contributed by atoms with Gasteiger partial charge in [0.1, 0.15) is 0 Å². The van der Waals surface area contributed by atoms with E-state index in [0.717, 1.165) is 59.2 Å². The molecule has 0 heteroatoms. The highest BCUT2D eigenvalue weighted by Gasteiger charge is 2.38. The van der Waals surface area contributed by atoms with Crippen LogP contribution in [0.5, 0.6) is 0 Å². The lowest BCUT2D eigenvalue weighted by Gasteiger charge is -2.16. The van der Waals surface area contributed by atoms with Crippen molar-refractivity contribution in [2.75, 3.05) is 0 Å². The van der Waals surface area contributed by atoms with Gasteiger partial charge in [0.05, 0.1) is 0 Å². The van der Waals surface area contributed by atoms with E-state index in [1.54, 1.807) is 11.1 Å². The van der Waals surface area contributed by atoms with E-state index in [2.05, 4.69) is 51.3 Å². The van der Waals surface area contributed by atoms with Crippen molar-refractivity contribution in [2.24, 2.45) is 59.2 Å². The number of hydrogen-bond acceptors (Lipinski definition) is 0. The topological polar surface area (TPSA) is 0 Å². The van der Waals surface area contributed by atoms with Crippen LogP contribution in [-0.2, 0) is 0 Å². The standard InChI is InChI=1S/4C9H14/c4*1-2-8-5-7-3-4-9(8)6-7/h2*2,7,9H,3-6H2,1H3;2*2,7-9H,1,3-6H2/b8-2+;8-2-;;. The monoisotopic (exact) mass is 488 g/mol. The van der Waals surface area contributed by atoms with Gasteiger partial charge in [0.2, 0.25) is 0 Å². The lowest BCUT2D eigenvalue weighted by molar-refractivity contribution is 0.395. The smallest absolute Gasteiger partial charge is 0.0200 e. The Morgan fingerprint density at radius 1 is 0.500 bits per heavy atom. The molecular weight excluding hydrogens is 432 g/mol. The van der Waals surface area contributed by atoms with Crippen molar-refractivity contribution in [1.82, 2.24) is 0 Å². The molecule has 0 aromatic heterocycles. The third kappa shape index (κ3) is 5.99. The molecule has 10 atom stereocenters. The van der Waals surface area contributed by atoms with Crippen LogP contribution in [0.4, 0.5) is 0 Å². The number of hydrogen-bond donors (Lipinski definition) is 0. The average Bonchev–Trinajstić information content (AvgIpc) is 3.78. The summed E-state index contributed by atoms with van der Waals surface area (Å²) in [5, 5.41) is 0. The summed E-state index contributed by atoms with van der Waals surface area (Å²) in [4.78, 5) is 0. The van der Waals surface area contributed by atoms with Gasteiger partial charge in [-0.2, -0.15) is 0 Å². The van der Waals surface area contributed by atoms with E-state index in [9.17, 15) is 0 Å². The fraction of sp³-hybridized carbons (Fsp3) is 0.778. The molecule has 36 heavy (non-hydrogen) atoms. The Morgan fingerprint density at radius 3 is 1.08 bits per heavy atom. The van der Waals surface area contributed by atoms with E-state index >= 15 is 0 Å². The van der Waals surface area contributed by atoms with Crippen molar-refractivity contribution in [3.8, 4) is 0 Å². The fourth-order valence-corrected chi connectivity index (χ4v) is 10.1. The first kappa shape index (κ1) is 26.6. The lowest BCUT2D eigenvalue weighted by Crippen LogP contribution is -2.06. The molecule has 0 N–H and O–H groups in total. The van der Waals surface area contributed by atoms with Crippen LogP contribution in [0.1, 0.15) is 117 Å². The van der Waals surface area contributed by atoms with Gasteiger partial charge in [-0.05, 0) is 163 Å². The van der Waals surface area contributed by atoms with Crippen LogP contribution < -0.4 is 0 Å². The average molecular weight is 489 g/mol. The first-order chi connectivity index (χ1) is 17.6. The molecule has 0 amide bonds. The van der Waals surface area contributed by atoms with Crippen LogP contribution in [0.25, 0.3) is 0 Å². The minimum Gasteiger partial charge on any atom is -0.103 e. The zero-order valence-electron chi connectivity index (χ0n) is 23.8. The van der Waals surface area contributed by atoms with E-state index in [1.807, 2.05) is 0 Å². The molecule has 0 spiro atoms. The van der Waals surface area contributed by atoms with E-state index in [4.69, 9.17) is 0 Å². The second-order valence-electron chi connectivity index (χ2n) is 14.0. The Hall–Kier alpha value is -1.04. The molecule has 0 radical (unpaired) electrons. The minimum absolute atomic E-state index is 0.892. The van der Waals surface area contributed by atoms with Gasteiger partial charge in [-0.3, -0.25) is 0 Å². The van der Waals surface area contributed by atoms with Crippen molar-refractivity contribution in [2.45, 2.75) is 117 Å². The Morgan fingerprint density at radius 2 is 0.917 bits per heavy atom. The van der Waals surface area contributed by atoms with Crippen molar-refractivity contribution < 1.29 is 0 Å². The minimum atomic E-state index is 0.892. The summed E-state index contributed by atoms with van der Waals surface area (Å²) in [5.41, 5.74) is 3.51. The van der Waals surface area contributed by atoms with Crippen LogP contribution in [-0.4, -0.2) is 0 Å². The fourth-order valence-electron chi connectivity index (χ4n) is 10.1. The summed E-state index contributed by atoms with van der Waals surface area (Å²) in [6, 6.07) is 0. The van der Waals surface area contributed by atoms with Crippen molar-refractivity contribution in [1.29, 1.82) is 0 Å². The van der Waals surface area contributed by atoms with Gasteiger partial charge in [-0.1, -0.05) is 48.3 Å². The summed E-state index contributed by atoms with van der Waals surface area (Å²) >= 11 is 0. The summed E-state index contributed by atoms with van der Waals surface area (Å²) in [7, 11) is 0. The van der Waals surface area contributed by atoms with Gasteiger partial charge in [0.15, 0.2) is 0 Å². The quantitative estimate of drug-likeness (QED) is 0.339. The summed E-state index contributed by atoms with van der Waals surface area (Å²) in [6.45, 7) is 12.1. The first-order valence-electron chi connectivity index (χ1n) is 16.1. The molecule has 8 fully saturated rings. The Bertz CT molecular complexity index is 744. The van der Waals surface area contributed by atoms with Gasteiger partial charge in [0.25, 0.3) is 0 Å². The number of rotatable bonds is 2. The highest BCUT2D eigenvalue weighted by molar-refractivity contribution is 5.16. The molecule has 8 rings (SSSR count). The predicted molar refractivity (Wildman–Crippen MR) is 157 cm³/mol. The maximum atomic E-state index is 3.86. The molecular formula is C36H56. The van der Waals surface area contributed by atoms with Crippen LogP contribution in [0.2, 0.25) is 0 Å². The third-order valence-corrected chi connectivity index (χ3v) is 12.1. The molecule has 8 aliphatic carbocycles. The maximum Gasteiger partial charge on any atom is -0.0200 e. The van der Waals surface area contributed by atoms with Crippen molar-refractivity contribution >= 4 is 0 Å². The summed E-state index contributed by atoms with van der Waals surface area (Å²) in [5.74, 6) is 10.2. The molecule has 0 heterocycles. The molecule has 8 saturated carbocycles. The first-order valence-corrected chi connectivity index (χ1v) is 16.1. The maximum absolute atomic E-state index is 3.86. The van der Waals surface area contributed by atoms with E-state index in [0.29, 0.717) is 0 Å². The van der Waals surface area contributed by atoms with Crippen LogP contribution in [0, 0.1) is 59.2 Å². The second-order valence-corrected chi connectivity index (χ2v) is 14.0. The van der Waals surface area contributed by atoms with E-state index < -0.39 is 0 Å². The molecule has 8 aliphatic rings. The van der Waals surface area contributed by atoms with Crippen LogP contribution in [0.3, 0.4) is 0 Å². The van der Waals surface area contributed by atoms with Gasteiger partial charge in [0, 0.05) is 0 Å². The van der Waals surface area contributed by atoms with E-state index in [-0.39, 0.29) is 0 Å². The van der Waals surface area contributed by atoms with E-state index in [1.165, 1.54) is 103 Å². The molecule has 10 unspecified atom stereocenters. The van der Waals surface area contributed by atoms with Gasteiger partial charge < -0.3 is 0 Å². The summed E-state index contributed by atoms with van der Waals surface area (Å²) < 4.78 is 0. The molecule has 8 bridgehead atoms. The predicted octanol–water partition coefficient (Wildman–Crippen LogP) is 10.7. The van der Waals surface area contributed by atoms with Crippen LogP contribution in [0.15, 0.2) is 48.6 Å². The Labute approximate surface area is 224 Å². The van der Waals surface area contributed by atoms with Gasteiger partial charge in [-0.15, -0.1) is 13.2 Å². The zero-order chi connectivity index (χ0) is 25.1. The van der Waals surface area contributed by atoms with Gasteiger partial charge >= 0.3 is 0 Å². The molecule has 0 saturated heterocycles.